The highest BCUT2D eigenvalue weighted by molar-refractivity contribution is 7.84. The molecule has 2 aliphatic rings. The van der Waals surface area contributed by atoms with Crippen LogP contribution in [0, 0.1) is 5.92 Å². The number of hydrogen-bond donors (Lipinski definition) is 2. The van der Waals surface area contributed by atoms with Crippen molar-refractivity contribution in [3.8, 4) is 0 Å². The van der Waals surface area contributed by atoms with Gasteiger partial charge in [-0.15, -0.1) is 0 Å². The normalized spacial score (nSPS) is 35.8. The molecule has 0 amide bonds. The van der Waals surface area contributed by atoms with E-state index in [1.807, 2.05) is 0 Å². The molecular weight excluding hydrogens is 244 g/mol. The number of hydrogen-bond acceptors (Lipinski definition) is 3. The average molecular weight is 272 g/mol. The molecule has 1 saturated carbocycles. The second-order valence-electron chi connectivity index (χ2n) is 6.04. The Morgan fingerprint density at radius 1 is 1.33 bits per heavy atom. The molecule has 3 nitrogen and oxygen atoms in total. The summed E-state index contributed by atoms with van der Waals surface area (Å²) in [5.41, 5.74) is 0. The molecule has 1 saturated heterocycles. The molecule has 1 aliphatic carbocycles. The van der Waals surface area contributed by atoms with Crippen LogP contribution >= 0.6 is 0 Å². The number of nitrogens with one attached hydrogen (secondary N) is 2. The molecule has 106 valence electrons. The molecular formula is C14H28N2OS. The van der Waals surface area contributed by atoms with Crippen LogP contribution in [0.5, 0.6) is 0 Å². The van der Waals surface area contributed by atoms with Crippen LogP contribution in [0.4, 0.5) is 0 Å². The quantitative estimate of drug-likeness (QED) is 0.772. The number of rotatable bonds is 6. The van der Waals surface area contributed by atoms with Crippen LogP contribution in [0.1, 0.15) is 45.4 Å². The van der Waals surface area contributed by atoms with Crippen molar-refractivity contribution in [1.82, 2.24) is 10.6 Å². The van der Waals surface area contributed by atoms with Gasteiger partial charge in [-0.1, -0.05) is 6.42 Å². The van der Waals surface area contributed by atoms with Gasteiger partial charge < -0.3 is 10.6 Å². The van der Waals surface area contributed by atoms with Crippen molar-refractivity contribution in [2.75, 3.05) is 18.6 Å². The minimum atomic E-state index is -0.652. The van der Waals surface area contributed by atoms with Crippen molar-refractivity contribution in [3.05, 3.63) is 0 Å². The molecule has 4 heteroatoms. The third-order valence-corrected chi connectivity index (χ3v) is 5.33. The van der Waals surface area contributed by atoms with E-state index in [9.17, 15) is 4.21 Å². The Bertz CT molecular complexity index is 279. The molecule has 0 spiro atoms. The van der Waals surface area contributed by atoms with Crippen molar-refractivity contribution in [2.45, 2.75) is 63.6 Å². The summed E-state index contributed by atoms with van der Waals surface area (Å²) in [7, 11) is -0.652. The smallest absolute Gasteiger partial charge is 0.0246 e. The molecule has 0 radical (unpaired) electrons. The summed E-state index contributed by atoms with van der Waals surface area (Å²) in [6.07, 6.45) is 9.60. The van der Waals surface area contributed by atoms with Gasteiger partial charge in [0.2, 0.25) is 0 Å². The Kier molecular flexibility index (Phi) is 5.64. The highest BCUT2D eigenvalue weighted by atomic mass is 32.2. The van der Waals surface area contributed by atoms with Crippen LogP contribution in [-0.2, 0) is 10.8 Å². The fourth-order valence-electron chi connectivity index (χ4n) is 3.55. The van der Waals surface area contributed by atoms with Crippen LogP contribution in [0.15, 0.2) is 0 Å². The van der Waals surface area contributed by atoms with Crippen molar-refractivity contribution in [2.24, 2.45) is 5.92 Å². The van der Waals surface area contributed by atoms with E-state index in [2.05, 4.69) is 17.6 Å². The maximum Gasteiger partial charge on any atom is 0.0246 e. The molecule has 2 rings (SSSR count). The third kappa shape index (κ3) is 4.04. The second kappa shape index (κ2) is 7.01. The molecule has 18 heavy (non-hydrogen) atoms. The van der Waals surface area contributed by atoms with Gasteiger partial charge in [-0.3, -0.25) is 4.21 Å². The van der Waals surface area contributed by atoms with Gasteiger partial charge in [-0.2, -0.15) is 0 Å². The monoisotopic (exact) mass is 272 g/mol. The van der Waals surface area contributed by atoms with Crippen LogP contribution in [-0.4, -0.2) is 40.9 Å². The maximum atomic E-state index is 11.1. The first-order valence-corrected chi connectivity index (χ1v) is 9.19. The van der Waals surface area contributed by atoms with E-state index in [1.165, 1.54) is 38.6 Å². The summed E-state index contributed by atoms with van der Waals surface area (Å²) in [6.45, 7) is 3.45. The first-order chi connectivity index (χ1) is 8.66. The predicted molar refractivity (Wildman–Crippen MR) is 78.3 cm³/mol. The van der Waals surface area contributed by atoms with Gasteiger partial charge in [-0.05, 0) is 51.5 Å². The van der Waals surface area contributed by atoms with Crippen molar-refractivity contribution < 1.29 is 4.21 Å². The van der Waals surface area contributed by atoms with E-state index in [-0.39, 0.29) is 0 Å². The lowest BCUT2D eigenvalue weighted by Gasteiger charge is -2.29. The lowest BCUT2D eigenvalue weighted by molar-refractivity contribution is 0.300. The Morgan fingerprint density at radius 2 is 2.17 bits per heavy atom. The maximum absolute atomic E-state index is 11.1. The first-order valence-electron chi connectivity index (χ1n) is 7.46. The molecule has 1 heterocycles. The van der Waals surface area contributed by atoms with Gasteiger partial charge in [0.05, 0.1) is 0 Å². The van der Waals surface area contributed by atoms with Crippen LogP contribution in [0.3, 0.4) is 0 Å². The van der Waals surface area contributed by atoms with Gasteiger partial charge >= 0.3 is 0 Å². The van der Waals surface area contributed by atoms with Gasteiger partial charge in [0, 0.05) is 40.9 Å². The topological polar surface area (TPSA) is 41.1 Å². The zero-order valence-corrected chi connectivity index (χ0v) is 12.6. The third-order valence-electron chi connectivity index (χ3n) is 4.52. The highest BCUT2D eigenvalue weighted by Crippen LogP contribution is 2.32. The summed E-state index contributed by atoms with van der Waals surface area (Å²) in [4.78, 5) is 0. The zero-order chi connectivity index (χ0) is 13.0. The van der Waals surface area contributed by atoms with E-state index in [0.717, 1.165) is 24.1 Å². The standard InChI is InChI=1S/C14H28N2OS/c1-11(8-10-18(2)17)16-14-6-3-5-12(14)13-7-4-9-15-13/h11-16H,3-10H2,1-2H3. The van der Waals surface area contributed by atoms with Crippen molar-refractivity contribution in [3.63, 3.8) is 0 Å². The van der Waals surface area contributed by atoms with Gasteiger partial charge in [-0.25, -0.2) is 0 Å². The average Bonchev–Trinajstić information content (AvgIpc) is 2.95. The summed E-state index contributed by atoms with van der Waals surface area (Å²) in [5, 5.41) is 7.45. The Labute approximate surface area is 114 Å². The molecule has 5 atom stereocenters. The minimum absolute atomic E-state index is 0.501. The fraction of sp³-hybridized carbons (Fsp3) is 1.00. The molecule has 5 unspecified atom stereocenters. The molecule has 0 bridgehead atoms. The molecule has 0 aromatic carbocycles. The van der Waals surface area contributed by atoms with Crippen LogP contribution < -0.4 is 10.6 Å². The van der Waals surface area contributed by atoms with E-state index in [4.69, 9.17) is 0 Å². The fourth-order valence-corrected chi connectivity index (χ4v) is 4.23. The molecule has 0 aromatic rings. The molecule has 2 fully saturated rings. The van der Waals surface area contributed by atoms with Gasteiger partial charge in [0.1, 0.15) is 0 Å². The first kappa shape index (κ1) is 14.5. The molecule has 2 N–H and O–H groups in total. The highest BCUT2D eigenvalue weighted by Gasteiger charge is 2.35. The van der Waals surface area contributed by atoms with Gasteiger partial charge in [0.25, 0.3) is 0 Å². The molecule has 0 aromatic heterocycles. The lowest BCUT2D eigenvalue weighted by atomic mass is 9.92. The van der Waals surface area contributed by atoms with Crippen molar-refractivity contribution in [1.29, 1.82) is 0 Å². The summed E-state index contributed by atoms with van der Waals surface area (Å²) < 4.78 is 11.1. The largest absolute Gasteiger partial charge is 0.314 e. The molecule has 1 aliphatic heterocycles. The van der Waals surface area contributed by atoms with E-state index >= 15 is 0 Å². The van der Waals surface area contributed by atoms with Gasteiger partial charge in [0.15, 0.2) is 0 Å². The Morgan fingerprint density at radius 3 is 2.83 bits per heavy atom. The van der Waals surface area contributed by atoms with Crippen LogP contribution in [0.2, 0.25) is 0 Å². The summed E-state index contributed by atoms with van der Waals surface area (Å²) in [5.74, 6) is 1.65. The van der Waals surface area contributed by atoms with E-state index < -0.39 is 10.8 Å². The minimum Gasteiger partial charge on any atom is -0.314 e. The lowest BCUT2D eigenvalue weighted by Crippen LogP contribution is -2.45. The van der Waals surface area contributed by atoms with E-state index in [0.29, 0.717) is 12.1 Å². The summed E-state index contributed by atoms with van der Waals surface area (Å²) >= 11 is 0. The SMILES string of the molecule is CC(CCS(C)=O)NC1CCCC1C1CCCN1. The zero-order valence-electron chi connectivity index (χ0n) is 11.8. The second-order valence-corrected chi connectivity index (χ2v) is 7.59. The Hall–Kier alpha value is 0.0700. The van der Waals surface area contributed by atoms with Crippen molar-refractivity contribution >= 4 is 10.8 Å². The predicted octanol–water partition coefficient (Wildman–Crippen LogP) is 1.65. The Balaban J connectivity index is 1.78. The van der Waals surface area contributed by atoms with E-state index in [1.54, 1.807) is 6.26 Å². The van der Waals surface area contributed by atoms with Crippen LogP contribution in [0.25, 0.3) is 0 Å². The summed E-state index contributed by atoms with van der Waals surface area (Å²) in [6, 6.07) is 1.93.